The average molecular weight is 550 g/mol. The first-order valence-corrected chi connectivity index (χ1v) is 14.0. The third-order valence-electron chi connectivity index (χ3n) is 7.03. The zero-order valence-electron chi connectivity index (χ0n) is 21.9. The van der Waals surface area contributed by atoms with Crippen molar-refractivity contribution in [2.24, 2.45) is 0 Å². The summed E-state index contributed by atoms with van der Waals surface area (Å²) in [5, 5.41) is -0.470. The molecule has 3 aliphatic rings. The van der Waals surface area contributed by atoms with Crippen LogP contribution in [0, 0.1) is 0 Å². The molecule has 9 nitrogen and oxygen atoms in total. The Balaban J connectivity index is 1.24. The Morgan fingerprint density at radius 1 is 0.923 bits per heavy atom. The Kier molecular flexibility index (Phi) is 8.21. The van der Waals surface area contributed by atoms with Crippen LogP contribution in [0.5, 0.6) is 11.5 Å². The normalized spacial score (nSPS) is 18.1. The summed E-state index contributed by atoms with van der Waals surface area (Å²) in [6.45, 7) is 4.41. The molecule has 4 amide bonds. The quantitative estimate of drug-likeness (QED) is 0.463. The Labute approximate surface area is 231 Å². The van der Waals surface area contributed by atoms with E-state index < -0.39 is 11.1 Å². The van der Waals surface area contributed by atoms with Gasteiger partial charge < -0.3 is 19.3 Å². The van der Waals surface area contributed by atoms with Crippen molar-refractivity contribution < 1.29 is 28.7 Å². The third kappa shape index (κ3) is 6.11. The minimum Gasteiger partial charge on any atom is -0.490 e. The van der Waals surface area contributed by atoms with Crippen molar-refractivity contribution in [2.45, 2.75) is 32.7 Å². The van der Waals surface area contributed by atoms with Gasteiger partial charge in [0.1, 0.15) is 6.54 Å². The second-order valence-corrected chi connectivity index (χ2v) is 10.6. The van der Waals surface area contributed by atoms with Crippen LogP contribution in [0.4, 0.5) is 4.79 Å². The van der Waals surface area contributed by atoms with Crippen LogP contribution in [-0.4, -0.2) is 77.1 Å². The zero-order valence-corrected chi connectivity index (χ0v) is 22.7. The van der Waals surface area contributed by atoms with E-state index in [4.69, 9.17) is 9.47 Å². The molecular weight excluding hydrogens is 518 g/mol. The van der Waals surface area contributed by atoms with Crippen molar-refractivity contribution >= 4 is 40.8 Å². The monoisotopic (exact) mass is 549 g/mol. The molecule has 5 rings (SSSR count). The van der Waals surface area contributed by atoms with Gasteiger partial charge in [-0.3, -0.25) is 24.1 Å². The fourth-order valence-electron chi connectivity index (χ4n) is 4.93. The molecule has 0 bridgehead atoms. The van der Waals surface area contributed by atoms with E-state index in [9.17, 15) is 19.2 Å². The molecule has 204 valence electrons. The molecule has 10 heteroatoms. The maximum absolute atomic E-state index is 13.1. The molecule has 0 N–H and O–H groups in total. The fourth-order valence-corrected chi connectivity index (χ4v) is 5.77. The predicted octanol–water partition coefficient (Wildman–Crippen LogP) is 3.71. The number of fused-ring (bicyclic) bond motifs is 1. The minimum atomic E-state index is -0.495. The van der Waals surface area contributed by atoms with Crippen LogP contribution in [0.2, 0.25) is 0 Å². The Hall–Kier alpha value is -3.79. The van der Waals surface area contributed by atoms with Gasteiger partial charge in [-0.1, -0.05) is 30.3 Å². The van der Waals surface area contributed by atoms with Crippen LogP contribution in [0.1, 0.15) is 36.5 Å². The molecule has 0 aromatic heterocycles. The summed E-state index contributed by atoms with van der Waals surface area (Å²) in [6.07, 6.45) is 4.38. The van der Waals surface area contributed by atoms with Gasteiger partial charge in [0, 0.05) is 26.2 Å². The third-order valence-corrected chi connectivity index (χ3v) is 7.93. The number of imide groups is 1. The van der Waals surface area contributed by atoms with Crippen molar-refractivity contribution in [3.63, 3.8) is 0 Å². The van der Waals surface area contributed by atoms with Crippen molar-refractivity contribution in [3.05, 3.63) is 64.1 Å². The molecule has 2 aromatic rings. The van der Waals surface area contributed by atoms with Gasteiger partial charge in [0.15, 0.2) is 18.1 Å². The van der Waals surface area contributed by atoms with Crippen LogP contribution in [0.25, 0.3) is 6.08 Å². The highest BCUT2D eigenvalue weighted by Crippen LogP contribution is 2.35. The highest BCUT2D eigenvalue weighted by molar-refractivity contribution is 8.18. The Morgan fingerprint density at radius 3 is 2.46 bits per heavy atom. The molecule has 3 heterocycles. The number of amides is 4. The summed E-state index contributed by atoms with van der Waals surface area (Å²) in [5.41, 5.74) is 2.95. The number of likely N-dealkylation sites (tertiary alicyclic amines) is 1. The number of ether oxygens (including phenoxy) is 2. The zero-order chi connectivity index (χ0) is 27.4. The maximum Gasteiger partial charge on any atom is 0.294 e. The number of thioether (sulfide) groups is 1. The molecule has 0 saturated carbocycles. The summed E-state index contributed by atoms with van der Waals surface area (Å²) in [4.78, 5) is 55.8. The molecule has 2 fully saturated rings. The Bertz CT molecular complexity index is 1320. The number of nitrogens with zero attached hydrogens (tertiary/aromatic N) is 3. The van der Waals surface area contributed by atoms with E-state index in [2.05, 4.69) is 6.07 Å². The number of benzene rings is 2. The van der Waals surface area contributed by atoms with Crippen molar-refractivity contribution in [2.75, 3.05) is 39.4 Å². The lowest BCUT2D eigenvalue weighted by Crippen LogP contribution is -2.44. The van der Waals surface area contributed by atoms with Crippen LogP contribution in [0.15, 0.2) is 47.4 Å². The largest absolute Gasteiger partial charge is 0.490 e. The number of carbonyl (C=O) groups excluding carboxylic acids is 4. The van der Waals surface area contributed by atoms with Crippen molar-refractivity contribution in [1.29, 1.82) is 0 Å². The molecule has 2 saturated heterocycles. The highest BCUT2D eigenvalue weighted by atomic mass is 32.2. The van der Waals surface area contributed by atoms with Crippen LogP contribution >= 0.6 is 11.8 Å². The van der Waals surface area contributed by atoms with Gasteiger partial charge in [-0.25, -0.2) is 0 Å². The van der Waals surface area contributed by atoms with Gasteiger partial charge in [-0.2, -0.15) is 0 Å². The van der Waals surface area contributed by atoms with Crippen molar-refractivity contribution in [3.8, 4) is 11.5 Å². The molecule has 0 atom stereocenters. The van der Waals surface area contributed by atoms with Gasteiger partial charge in [0.2, 0.25) is 5.91 Å². The number of carbonyl (C=O) groups is 4. The predicted molar refractivity (Wildman–Crippen MR) is 147 cm³/mol. The molecule has 3 aliphatic heterocycles. The molecular formula is C29H31N3O6S. The smallest absolute Gasteiger partial charge is 0.294 e. The molecule has 0 radical (unpaired) electrons. The van der Waals surface area contributed by atoms with Gasteiger partial charge in [-0.15, -0.1) is 0 Å². The SMILES string of the molecule is CCOc1cc(/C=C2\SC(=O)N(CC(=O)N3CCc4ccccc4C3)C2=O)ccc1OCC(=O)N1CCCC1. The van der Waals surface area contributed by atoms with Crippen LogP contribution in [0.3, 0.4) is 0 Å². The summed E-state index contributed by atoms with van der Waals surface area (Å²) in [6, 6.07) is 13.1. The number of hydrogen-bond acceptors (Lipinski definition) is 7. The minimum absolute atomic E-state index is 0.0593. The maximum atomic E-state index is 13.1. The Morgan fingerprint density at radius 2 is 1.69 bits per heavy atom. The molecule has 0 aliphatic carbocycles. The first kappa shape index (κ1) is 26.8. The summed E-state index contributed by atoms with van der Waals surface area (Å²) in [5.74, 6) is 0.0709. The first-order valence-electron chi connectivity index (χ1n) is 13.2. The second-order valence-electron chi connectivity index (χ2n) is 9.62. The van der Waals surface area contributed by atoms with E-state index in [1.807, 2.05) is 25.1 Å². The lowest BCUT2D eigenvalue weighted by molar-refractivity contribution is -0.136. The second kappa shape index (κ2) is 11.9. The first-order chi connectivity index (χ1) is 18.9. The van der Waals surface area contributed by atoms with Gasteiger partial charge in [0.05, 0.1) is 11.5 Å². The van der Waals surface area contributed by atoms with Crippen molar-refractivity contribution in [1.82, 2.24) is 14.7 Å². The summed E-state index contributed by atoms with van der Waals surface area (Å²) < 4.78 is 11.5. The lowest BCUT2D eigenvalue weighted by atomic mass is 10.00. The fraction of sp³-hybridized carbons (Fsp3) is 0.379. The van der Waals surface area contributed by atoms with E-state index in [0.29, 0.717) is 36.8 Å². The number of hydrogen-bond donors (Lipinski definition) is 0. The van der Waals surface area contributed by atoms with Gasteiger partial charge in [0.25, 0.3) is 17.1 Å². The standard InChI is InChI=1S/C29H31N3O6S/c1-2-37-24-15-20(9-10-23(24)38-19-27(34)30-12-5-6-13-30)16-25-28(35)32(29(36)39-25)18-26(33)31-14-11-21-7-3-4-8-22(21)17-31/h3-4,7-10,15-16H,2,5-6,11-14,17-19H2,1H3/b25-16-. The van der Waals surface area contributed by atoms with Gasteiger partial charge in [-0.05, 0) is 72.8 Å². The van der Waals surface area contributed by atoms with Crippen LogP contribution < -0.4 is 9.47 Å². The molecule has 0 unspecified atom stereocenters. The summed E-state index contributed by atoms with van der Waals surface area (Å²) >= 11 is 0.811. The van der Waals surface area contributed by atoms with E-state index in [1.54, 1.807) is 34.1 Å². The van der Waals surface area contributed by atoms with E-state index >= 15 is 0 Å². The highest BCUT2D eigenvalue weighted by Gasteiger charge is 2.37. The summed E-state index contributed by atoms with van der Waals surface area (Å²) in [7, 11) is 0. The molecule has 0 spiro atoms. The average Bonchev–Trinajstić information content (AvgIpc) is 3.57. The molecule has 39 heavy (non-hydrogen) atoms. The van der Waals surface area contributed by atoms with Crippen LogP contribution in [-0.2, 0) is 27.3 Å². The molecule has 2 aromatic carbocycles. The lowest BCUT2D eigenvalue weighted by Gasteiger charge is -2.29. The van der Waals surface area contributed by atoms with Gasteiger partial charge >= 0.3 is 0 Å². The van der Waals surface area contributed by atoms with E-state index in [0.717, 1.165) is 54.6 Å². The topological polar surface area (TPSA) is 96.5 Å². The van der Waals surface area contributed by atoms with E-state index in [1.165, 1.54) is 5.56 Å². The number of rotatable bonds is 8. The van der Waals surface area contributed by atoms with E-state index in [-0.39, 0.29) is 29.9 Å².